The van der Waals surface area contributed by atoms with E-state index in [1.54, 1.807) is 0 Å². The van der Waals surface area contributed by atoms with Crippen molar-refractivity contribution < 1.29 is 44.7 Å². The molecular formula is C19H32O5. The van der Waals surface area contributed by atoms with E-state index >= 15 is 0 Å². The van der Waals surface area contributed by atoms with Gasteiger partial charge in [0, 0.05) is 45.7 Å². The van der Waals surface area contributed by atoms with Gasteiger partial charge < -0.3 is 19.3 Å². The largest absolute Gasteiger partial charge is 0.462 e. The van der Waals surface area contributed by atoms with Crippen molar-refractivity contribution in [3.05, 3.63) is 0 Å². The summed E-state index contributed by atoms with van der Waals surface area (Å²) < 4.78 is 137. The van der Waals surface area contributed by atoms with E-state index in [4.69, 9.17) is 34.8 Å². The SMILES string of the molecule is [2H]C([2H])([2H])C([2H])([2H])C([2H])([2H])C([2H])([2H])C([2H])([2H])C([2H])([2H])C([2H])([2H])C1(CC[C@H]2[C@@H]3CC(=O)O[C@@H]3C[C@@H]2O)OCCO1. The van der Waals surface area contributed by atoms with Crippen LogP contribution in [-0.2, 0) is 19.0 Å². The molecule has 2 heterocycles. The van der Waals surface area contributed by atoms with Crippen LogP contribution in [0.2, 0.25) is 0 Å². The Labute approximate surface area is 166 Å². The Morgan fingerprint density at radius 1 is 1.29 bits per heavy atom. The van der Waals surface area contributed by atoms with Gasteiger partial charge in [-0.15, -0.1) is 0 Å². The number of aliphatic hydroxyl groups is 1. The first-order chi connectivity index (χ1) is 17.3. The molecule has 2 aliphatic heterocycles. The summed E-state index contributed by atoms with van der Waals surface area (Å²) in [5, 5.41) is 10.5. The highest BCUT2D eigenvalue weighted by molar-refractivity contribution is 5.72. The molecule has 5 nitrogen and oxygen atoms in total. The number of hydrogen-bond donors (Lipinski definition) is 1. The average Bonchev–Trinajstić information content (AvgIpc) is 3.46. The fraction of sp³-hybridized carbons (Fsp3) is 0.947. The number of fused-ring (bicyclic) bond motifs is 1. The molecule has 0 bridgehead atoms. The highest BCUT2D eigenvalue weighted by Crippen LogP contribution is 2.45. The molecule has 0 amide bonds. The lowest BCUT2D eigenvalue weighted by atomic mass is 9.86. The standard InChI is InChI=1S/C19H32O5/c1-2-3-4-5-6-8-19(22-10-11-23-19)9-7-14-15-12-18(21)24-17(15)13-16(14)20/h14-17,20H,2-13H2,1H3/t14-,15-,16-,17+/m0/s1/i1D3,2D2,3D2,4D2,5D2,6D2,8D2. The van der Waals surface area contributed by atoms with E-state index in [-0.39, 0.29) is 32.5 Å². The van der Waals surface area contributed by atoms with E-state index in [2.05, 4.69) is 0 Å². The van der Waals surface area contributed by atoms with Crippen molar-refractivity contribution in [1.29, 1.82) is 0 Å². The van der Waals surface area contributed by atoms with Crippen LogP contribution in [0.25, 0.3) is 0 Å². The molecule has 4 atom stereocenters. The minimum absolute atomic E-state index is 0.0121. The quantitative estimate of drug-likeness (QED) is 0.644. The third-order valence-corrected chi connectivity index (χ3v) is 4.74. The van der Waals surface area contributed by atoms with Gasteiger partial charge in [0.1, 0.15) is 6.10 Å². The summed E-state index contributed by atoms with van der Waals surface area (Å²) in [6.45, 7) is -4.29. The van der Waals surface area contributed by atoms with Gasteiger partial charge >= 0.3 is 5.97 Å². The van der Waals surface area contributed by atoms with Crippen molar-refractivity contribution in [3.8, 4) is 0 Å². The predicted octanol–water partition coefficient (Wildman–Crippen LogP) is 3.18. The molecule has 2 saturated heterocycles. The molecule has 5 heteroatoms. The van der Waals surface area contributed by atoms with Crippen molar-refractivity contribution >= 4 is 5.97 Å². The van der Waals surface area contributed by atoms with Gasteiger partial charge in [-0.05, 0) is 18.7 Å². The smallest absolute Gasteiger partial charge is 0.306 e. The fourth-order valence-corrected chi connectivity index (χ4v) is 3.69. The van der Waals surface area contributed by atoms with Crippen molar-refractivity contribution in [3.63, 3.8) is 0 Å². The second-order valence-corrected chi connectivity index (χ2v) is 6.10. The summed E-state index contributed by atoms with van der Waals surface area (Å²) in [6.07, 6.45) is -26.1. The normalized spacial score (nSPS) is 47.9. The van der Waals surface area contributed by atoms with Gasteiger partial charge in [-0.3, -0.25) is 4.79 Å². The maximum Gasteiger partial charge on any atom is 0.306 e. The number of carbonyl (C=O) groups excluding carboxylic acids is 1. The van der Waals surface area contributed by atoms with Gasteiger partial charge in [-0.25, -0.2) is 0 Å². The number of rotatable bonds is 9. The van der Waals surface area contributed by atoms with E-state index in [1.807, 2.05) is 0 Å². The maximum atomic E-state index is 11.7. The Hall–Kier alpha value is -0.650. The van der Waals surface area contributed by atoms with Gasteiger partial charge in [0.15, 0.2) is 5.79 Å². The Bertz CT molecular complexity index is 944. The molecule has 138 valence electrons. The first kappa shape index (κ1) is 7.16. The first-order valence-electron chi connectivity index (χ1n) is 15.5. The van der Waals surface area contributed by atoms with E-state index in [9.17, 15) is 9.90 Å². The second-order valence-electron chi connectivity index (χ2n) is 6.10. The molecule has 1 N–H and O–H groups in total. The molecule has 3 fully saturated rings. The zero-order chi connectivity index (χ0) is 30.3. The fourth-order valence-electron chi connectivity index (χ4n) is 3.69. The Balaban J connectivity index is 1.97. The number of esters is 1. The lowest BCUT2D eigenvalue weighted by Crippen LogP contribution is -2.32. The van der Waals surface area contributed by atoms with Crippen molar-refractivity contribution in [2.24, 2.45) is 11.8 Å². The maximum absolute atomic E-state index is 11.7. The summed E-state index contributed by atoms with van der Waals surface area (Å²) in [7, 11) is 0. The Kier molecular flexibility index (Phi) is 2.43. The van der Waals surface area contributed by atoms with E-state index in [0.717, 1.165) is 0 Å². The predicted molar refractivity (Wildman–Crippen MR) is 89.3 cm³/mol. The van der Waals surface area contributed by atoms with E-state index in [0.29, 0.717) is 0 Å². The molecule has 0 radical (unpaired) electrons. The number of hydrogen-bond acceptors (Lipinski definition) is 5. The zero-order valence-electron chi connectivity index (χ0n) is 28.1. The molecule has 0 aromatic heterocycles. The van der Waals surface area contributed by atoms with Crippen molar-refractivity contribution in [1.82, 2.24) is 0 Å². The van der Waals surface area contributed by atoms with Crippen LogP contribution in [0, 0.1) is 11.8 Å². The van der Waals surface area contributed by atoms with Crippen LogP contribution in [0.1, 0.15) is 91.3 Å². The highest BCUT2D eigenvalue weighted by atomic mass is 16.7. The molecule has 3 rings (SSSR count). The minimum atomic E-state index is -4.25. The Morgan fingerprint density at radius 3 is 2.88 bits per heavy atom. The van der Waals surface area contributed by atoms with Crippen LogP contribution < -0.4 is 0 Å². The highest BCUT2D eigenvalue weighted by Gasteiger charge is 2.50. The summed E-state index contributed by atoms with van der Waals surface area (Å²) in [6, 6.07) is 0. The first-order valence-corrected chi connectivity index (χ1v) is 7.98. The van der Waals surface area contributed by atoms with E-state index < -0.39 is 87.3 Å². The number of carbonyl (C=O) groups is 1. The molecule has 0 spiro atoms. The van der Waals surface area contributed by atoms with Crippen LogP contribution in [0.15, 0.2) is 0 Å². The van der Waals surface area contributed by atoms with Gasteiger partial charge in [-0.1, -0.05) is 32.3 Å². The van der Waals surface area contributed by atoms with Crippen LogP contribution in [0.3, 0.4) is 0 Å². The lowest BCUT2D eigenvalue weighted by molar-refractivity contribution is -0.171. The van der Waals surface area contributed by atoms with Gasteiger partial charge in [0.2, 0.25) is 0 Å². The Morgan fingerprint density at radius 2 is 2.08 bits per heavy atom. The topological polar surface area (TPSA) is 65.0 Å². The van der Waals surface area contributed by atoms with Crippen LogP contribution >= 0.6 is 0 Å². The van der Waals surface area contributed by atoms with Crippen molar-refractivity contribution in [2.45, 2.75) is 88.8 Å². The minimum Gasteiger partial charge on any atom is -0.462 e. The average molecular weight is 356 g/mol. The number of ether oxygens (including phenoxy) is 3. The van der Waals surface area contributed by atoms with Gasteiger partial charge in [-0.2, -0.15) is 0 Å². The van der Waals surface area contributed by atoms with Crippen LogP contribution in [0.5, 0.6) is 0 Å². The zero-order valence-corrected chi connectivity index (χ0v) is 13.1. The van der Waals surface area contributed by atoms with Gasteiger partial charge in [0.05, 0.1) is 25.7 Å². The van der Waals surface area contributed by atoms with Crippen molar-refractivity contribution in [2.75, 3.05) is 13.2 Å². The molecule has 1 saturated carbocycles. The molecule has 0 aromatic rings. The third kappa shape index (κ3) is 4.12. The molecular weight excluding hydrogens is 308 g/mol. The summed E-state index contributed by atoms with van der Waals surface area (Å²) >= 11 is 0. The lowest BCUT2D eigenvalue weighted by Gasteiger charge is -2.30. The van der Waals surface area contributed by atoms with Crippen LogP contribution in [-0.4, -0.2) is 42.3 Å². The summed E-state index contributed by atoms with van der Waals surface area (Å²) in [5.41, 5.74) is 0. The monoisotopic (exact) mass is 355 g/mol. The molecule has 0 aromatic carbocycles. The summed E-state index contributed by atoms with van der Waals surface area (Å²) in [5.74, 6) is -4.00. The molecule has 3 aliphatic rings. The molecule has 0 unspecified atom stereocenters. The summed E-state index contributed by atoms with van der Waals surface area (Å²) in [4.78, 5) is 11.7. The second kappa shape index (κ2) is 8.15. The molecule has 1 aliphatic carbocycles. The van der Waals surface area contributed by atoms with Gasteiger partial charge in [0.25, 0.3) is 0 Å². The third-order valence-electron chi connectivity index (χ3n) is 4.74. The number of aliphatic hydroxyl groups excluding tert-OH is 1. The van der Waals surface area contributed by atoms with Crippen LogP contribution in [0.4, 0.5) is 0 Å². The molecule has 24 heavy (non-hydrogen) atoms. The van der Waals surface area contributed by atoms with E-state index in [1.165, 1.54) is 0 Å².